The number of hydrogen-bond acceptors (Lipinski definition) is 6. The fourth-order valence-electron chi connectivity index (χ4n) is 4.38. The van der Waals surface area contributed by atoms with Crippen molar-refractivity contribution in [3.63, 3.8) is 0 Å². The molecule has 0 saturated heterocycles. The van der Waals surface area contributed by atoms with Crippen molar-refractivity contribution in [2.45, 2.75) is 51.9 Å². The molecule has 0 amide bonds. The molecule has 11 heteroatoms. The third-order valence-corrected chi connectivity index (χ3v) is 6.52. The summed E-state index contributed by atoms with van der Waals surface area (Å²) in [6, 6.07) is 2.61. The van der Waals surface area contributed by atoms with Crippen LogP contribution in [0.1, 0.15) is 47.1 Å². The Morgan fingerprint density at radius 1 is 1.03 bits per heavy atom. The lowest BCUT2D eigenvalue weighted by atomic mass is 10.0. The van der Waals surface area contributed by atoms with Crippen molar-refractivity contribution in [3.8, 4) is 11.1 Å². The largest absolute Gasteiger partial charge is 0.453 e. The number of nitrogens with zero attached hydrogens (tertiary/aromatic N) is 8. The minimum absolute atomic E-state index is 0.123. The van der Waals surface area contributed by atoms with Crippen LogP contribution in [0.2, 0.25) is 0 Å². The van der Waals surface area contributed by atoms with E-state index in [-0.39, 0.29) is 5.65 Å². The second kappa shape index (κ2) is 7.00. The van der Waals surface area contributed by atoms with Crippen LogP contribution in [0, 0.1) is 13.8 Å². The van der Waals surface area contributed by atoms with E-state index >= 15 is 0 Å². The molecular formula is C22H21F3N8. The second-order valence-corrected chi connectivity index (χ2v) is 8.77. The summed E-state index contributed by atoms with van der Waals surface area (Å²) < 4.78 is 43.1. The van der Waals surface area contributed by atoms with Crippen molar-refractivity contribution in [2.75, 3.05) is 11.4 Å². The fraction of sp³-hybridized carbons (Fsp3) is 0.409. The average molecular weight is 454 g/mol. The monoisotopic (exact) mass is 454 g/mol. The van der Waals surface area contributed by atoms with Gasteiger partial charge in [-0.1, -0.05) is 0 Å². The van der Waals surface area contributed by atoms with Gasteiger partial charge < -0.3 is 4.90 Å². The molecule has 1 aliphatic carbocycles. The SMILES string of the molecule is Cc1c(N2CCc3ncc(-c4cnn(C5CC5)c4)cc3C2)nn2c(C(F)(F)F)nnc2c1C. The van der Waals surface area contributed by atoms with E-state index in [2.05, 4.69) is 37.6 Å². The third kappa shape index (κ3) is 3.33. The normalized spacial score (nSPS) is 16.5. The highest BCUT2D eigenvalue weighted by molar-refractivity contribution is 5.64. The van der Waals surface area contributed by atoms with Crippen molar-refractivity contribution >= 4 is 11.5 Å². The Morgan fingerprint density at radius 3 is 2.61 bits per heavy atom. The Kier molecular flexibility index (Phi) is 4.27. The van der Waals surface area contributed by atoms with Gasteiger partial charge in [-0.15, -0.1) is 15.3 Å². The molecule has 4 aromatic rings. The maximum atomic E-state index is 13.4. The van der Waals surface area contributed by atoms with Crippen LogP contribution >= 0.6 is 0 Å². The van der Waals surface area contributed by atoms with E-state index < -0.39 is 12.0 Å². The van der Waals surface area contributed by atoms with Gasteiger partial charge in [0.25, 0.3) is 5.82 Å². The lowest BCUT2D eigenvalue weighted by Crippen LogP contribution is -2.33. The van der Waals surface area contributed by atoms with Crippen LogP contribution in [0.5, 0.6) is 0 Å². The molecule has 8 nitrogen and oxygen atoms in total. The first-order chi connectivity index (χ1) is 15.8. The highest BCUT2D eigenvalue weighted by Gasteiger charge is 2.38. The maximum absolute atomic E-state index is 13.4. The first-order valence-electron chi connectivity index (χ1n) is 10.9. The Labute approximate surface area is 187 Å². The molecule has 170 valence electrons. The lowest BCUT2D eigenvalue weighted by Gasteiger charge is -2.30. The van der Waals surface area contributed by atoms with Crippen molar-refractivity contribution in [1.29, 1.82) is 0 Å². The van der Waals surface area contributed by atoms with Crippen molar-refractivity contribution < 1.29 is 13.2 Å². The molecule has 5 heterocycles. The molecule has 4 aromatic heterocycles. The van der Waals surface area contributed by atoms with Crippen LogP contribution < -0.4 is 4.90 Å². The molecule has 0 aromatic carbocycles. The number of aryl methyl sites for hydroxylation is 1. The van der Waals surface area contributed by atoms with Gasteiger partial charge in [0.15, 0.2) is 11.5 Å². The van der Waals surface area contributed by atoms with Crippen LogP contribution in [0.3, 0.4) is 0 Å². The van der Waals surface area contributed by atoms with Crippen LogP contribution in [0.4, 0.5) is 19.0 Å². The maximum Gasteiger partial charge on any atom is 0.453 e. The number of alkyl halides is 3. The van der Waals surface area contributed by atoms with E-state index in [0.717, 1.165) is 45.3 Å². The van der Waals surface area contributed by atoms with E-state index in [1.54, 1.807) is 6.92 Å². The van der Waals surface area contributed by atoms with E-state index in [4.69, 9.17) is 0 Å². The van der Waals surface area contributed by atoms with Crippen molar-refractivity contribution in [3.05, 3.63) is 52.9 Å². The Hall–Kier alpha value is -3.50. The topological polar surface area (TPSA) is 77.0 Å². The number of pyridine rings is 1. The Morgan fingerprint density at radius 2 is 1.85 bits per heavy atom. The van der Waals surface area contributed by atoms with E-state index in [1.807, 2.05) is 28.9 Å². The summed E-state index contributed by atoms with van der Waals surface area (Å²) in [5, 5.41) is 15.9. The first-order valence-corrected chi connectivity index (χ1v) is 10.9. The minimum atomic E-state index is -4.64. The summed E-state index contributed by atoms with van der Waals surface area (Å²) in [5.74, 6) is -0.612. The van der Waals surface area contributed by atoms with Gasteiger partial charge in [-0.2, -0.15) is 22.8 Å². The molecule has 33 heavy (non-hydrogen) atoms. The minimum Gasteiger partial charge on any atom is -0.350 e. The Balaban J connectivity index is 1.36. The van der Waals surface area contributed by atoms with Gasteiger partial charge in [0.1, 0.15) is 0 Å². The molecule has 2 aliphatic rings. The van der Waals surface area contributed by atoms with Gasteiger partial charge in [0, 0.05) is 59.9 Å². The lowest BCUT2D eigenvalue weighted by molar-refractivity contribution is -0.146. The predicted octanol–water partition coefficient (Wildman–Crippen LogP) is 3.92. The summed E-state index contributed by atoms with van der Waals surface area (Å²) in [4.78, 5) is 6.67. The molecular weight excluding hydrogens is 433 g/mol. The van der Waals surface area contributed by atoms with Gasteiger partial charge in [0.05, 0.1) is 12.2 Å². The number of halogens is 3. The van der Waals surface area contributed by atoms with Crippen molar-refractivity contribution in [2.24, 2.45) is 0 Å². The highest BCUT2D eigenvalue weighted by atomic mass is 19.4. The quantitative estimate of drug-likeness (QED) is 0.467. The van der Waals surface area contributed by atoms with E-state index in [0.29, 0.717) is 36.9 Å². The van der Waals surface area contributed by atoms with Gasteiger partial charge >= 0.3 is 6.18 Å². The summed E-state index contributed by atoms with van der Waals surface area (Å²) in [6.45, 7) is 4.73. The smallest absolute Gasteiger partial charge is 0.350 e. The molecule has 0 atom stereocenters. The molecule has 1 aliphatic heterocycles. The van der Waals surface area contributed by atoms with Crippen molar-refractivity contribution in [1.82, 2.24) is 34.6 Å². The van der Waals surface area contributed by atoms with Crippen LogP contribution in [-0.4, -0.2) is 41.1 Å². The van der Waals surface area contributed by atoms with Crippen LogP contribution in [0.15, 0.2) is 24.7 Å². The van der Waals surface area contributed by atoms with Gasteiger partial charge in [-0.05, 0) is 38.3 Å². The molecule has 1 fully saturated rings. The van der Waals surface area contributed by atoms with Crippen LogP contribution in [-0.2, 0) is 19.1 Å². The molecule has 0 spiro atoms. The fourth-order valence-corrected chi connectivity index (χ4v) is 4.38. The summed E-state index contributed by atoms with van der Waals surface area (Å²) >= 11 is 0. The molecule has 0 unspecified atom stereocenters. The summed E-state index contributed by atoms with van der Waals surface area (Å²) in [7, 11) is 0. The van der Waals surface area contributed by atoms with Gasteiger partial charge in [-0.3, -0.25) is 9.67 Å². The summed E-state index contributed by atoms with van der Waals surface area (Å²) in [6.07, 6.45) is 4.15. The second-order valence-electron chi connectivity index (χ2n) is 8.77. The number of fused-ring (bicyclic) bond motifs is 2. The van der Waals surface area contributed by atoms with E-state index in [1.165, 1.54) is 0 Å². The molecule has 1 saturated carbocycles. The average Bonchev–Trinajstić information content (AvgIpc) is 3.34. The Bertz CT molecular complexity index is 1380. The molecule has 0 radical (unpaired) electrons. The molecule has 0 N–H and O–H groups in total. The zero-order valence-electron chi connectivity index (χ0n) is 18.1. The zero-order valence-corrected chi connectivity index (χ0v) is 18.1. The van der Waals surface area contributed by atoms with Gasteiger partial charge in [-0.25, -0.2) is 0 Å². The zero-order chi connectivity index (χ0) is 22.9. The standard InChI is InChI=1S/C22H21F3N8/c1-12-13(2)20(30-33-19(12)28-29-21(33)22(23,24)25)31-6-5-18-15(10-31)7-14(8-26-18)16-9-27-32(11-16)17-3-4-17/h7-9,11,17H,3-6,10H2,1-2H3. The molecule has 0 bridgehead atoms. The van der Waals surface area contributed by atoms with E-state index in [9.17, 15) is 13.2 Å². The summed E-state index contributed by atoms with van der Waals surface area (Å²) in [5.41, 5.74) is 5.59. The number of anilines is 1. The van der Waals surface area contributed by atoms with Gasteiger partial charge in [0.2, 0.25) is 0 Å². The third-order valence-electron chi connectivity index (χ3n) is 6.52. The highest BCUT2D eigenvalue weighted by Crippen LogP contribution is 2.36. The molecule has 6 rings (SSSR count). The van der Waals surface area contributed by atoms with Crippen LogP contribution in [0.25, 0.3) is 16.8 Å². The number of rotatable bonds is 3. The number of hydrogen-bond donors (Lipinski definition) is 0. The predicted molar refractivity (Wildman–Crippen MR) is 114 cm³/mol. The number of aromatic nitrogens is 7. The first kappa shape index (κ1) is 20.1.